The predicted octanol–water partition coefficient (Wildman–Crippen LogP) is 3.72. The lowest BCUT2D eigenvalue weighted by atomic mass is 10.0. The Morgan fingerprint density at radius 3 is 2.00 bits per heavy atom. The van der Waals surface area contributed by atoms with Gasteiger partial charge in [0.2, 0.25) is 5.91 Å². The molecular formula is C26H31N5O. The number of likely N-dealkylation sites (tertiary alicyclic amines) is 1. The van der Waals surface area contributed by atoms with Crippen molar-refractivity contribution in [3.05, 3.63) is 89.3 Å². The quantitative estimate of drug-likeness (QED) is 0.573. The minimum absolute atomic E-state index is 0.162. The fraction of sp³-hybridized carbons (Fsp3) is 0.385. The molecule has 1 aliphatic heterocycles. The molecule has 0 bridgehead atoms. The molecule has 0 spiro atoms. The van der Waals surface area contributed by atoms with Crippen molar-refractivity contribution < 1.29 is 4.79 Å². The molecule has 0 radical (unpaired) electrons. The number of pyridine rings is 3. The summed E-state index contributed by atoms with van der Waals surface area (Å²) in [5.74, 6) is 0.162. The van der Waals surface area contributed by atoms with E-state index in [4.69, 9.17) is 0 Å². The molecule has 1 saturated heterocycles. The van der Waals surface area contributed by atoms with Crippen LogP contribution in [0.5, 0.6) is 0 Å². The predicted molar refractivity (Wildman–Crippen MR) is 125 cm³/mol. The van der Waals surface area contributed by atoms with Crippen LogP contribution in [0.1, 0.15) is 41.1 Å². The molecule has 6 nitrogen and oxygen atoms in total. The highest BCUT2D eigenvalue weighted by Crippen LogP contribution is 2.23. The van der Waals surface area contributed by atoms with Gasteiger partial charge in [-0.05, 0) is 62.1 Å². The molecule has 0 unspecified atom stereocenters. The Morgan fingerprint density at radius 1 is 0.875 bits per heavy atom. The van der Waals surface area contributed by atoms with Crippen LogP contribution in [0, 0.1) is 13.8 Å². The van der Waals surface area contributed by atoms with E-state index in [0.29, 0.717) is 12.5 Å². The highest BCUT2D eigenvalue weighted by atomic mass is 16.2. The van der Waals surface area contributed by atoms with Crippen molar-refractivity contribution in [3.63, 3.8) is 0 Å². The number of rotatable bonds is 7. The van der Waals surface area contributed by atoms with Gasteiger partial charge < -0.3 is 4.90 Å². The van der Waals surface area contributed by atoms with Crippen molar-refractivity contribution in [1.82, 2.24) is 24.8 Å². The maximum Gasteiger partial charge on any atom is 0.228 e. The summed E-state index contributed by atoms with van der Waals surface area (Å²) in [7, 11) is 0. The standard InChI is InChI=1S/C26H31N5O/c1-20-7-5-13-28-24(20)18-31(19-25-21(2)8-6-14-29-25)23-10-15-30(16-11-23)26(32)17-22-9-3-4-12-27-22/h3-9,12-14,23H,10-11,15-19H2,1-2H3. The van der Waals surface area contributed by atoms with Crippen LogP contribution >= 0.6 is 0 Å². The zero-order valence-corrected chi connectivity index (χ0v) is 18.9. The largest absolute Gasteiger partial charge is 0.342 e. The monoisotopic (exact) mass is 429 g/mol. The zero-order valence-electron chi connectivity index (χ0n) is 18.9. The van der Waals surface area contributed by atoms with Crippen molar-refractivity contribution in [3.8, 4) is 0 Å². The second-order valence-corrected chi connectivity index (χ2v) is 8.55. The van der Waals surface area contributed by atoms with E-state index in [2.05, 4.69) is 45.8 Å². The number of piperidine rings is 1. The third-order valence-corrected chi connectivity index (χ3v) is 6.33. The van der Waals surface area contributed by atoms with Crippen LogP contribution in [0.25, 0.3) is 0 Å². The number of hydrogen-bond donors (Lipinski definition) is 0. The zero-order chi connectivity index (χ0) is 22.3. The van der Waals surface area contributed by atoms with Gasteiger partial charge in [-0.3, -0.25) is 24.6 Å². The van der Waals surface area contributed by atoms with E-state index in [-0.39, 0.29) is 5.91 Å². The van der Waals surface area contributed by atoms with Crippen molar-refractivity contribution in [2.24, 2.45) is 0 Å². The van der Waals surface area contributed by atoms with Crippen molar-refractivity contribution in [2.75, 3.05) is 13.1 Å². The lowest BCUT2D eigenvalue weighted by molar-refractivity contribution is -0.132. The number of hydrogen-bond acceptors (Lipinski definition) is 5. The molecule has 166 valence electrons. The van der Waals surface area contributed by atoms with Crippen molar-refractivity contribution in [2.45, 2.75) is 52.2 Å². The number of aryl methyl sites for hydroxylation is 2. The van der Waals surface area contributed by atoms with Gasteiger partial charge in [-0.25, -0.2) is 0 Å². The molecule has 0 saturated carbocycles. The molecule has 0 N–H and O–H groups in total. The van der Waals surface area contributed by atoms with Gasteiger partial charge in [-0.15, -0.1) is 0 Å². The number of carbonyl (C=O) groups excluding carboxylic acids is 1. The first-order valence-corrected chi connectivity index (χ1v) is 11.3. The van der Waals surface area contributed by atoms with Gasteiger partial charge >= 0.3 is 0 Å². The first-order valence-electron chi connectivity index (χ1n) is 11.3. The van der Waals surface area contributed by atoms with Gasteiger partial charge in [0.05, 0.1) is 17.8 Å². The van der Waals surface area contributed by atoms with Crippen LogP contribution in [0.4, 0.5) is 0 Å². The first kappa shape index (κ1) is 22.1. The molecule has 0 aliphatic carbocycles. The summed E-state index contributed by atoms with van der Waals surface area (Å²) in [5.41, 5.74) is 5.46. The third kappa shape index (κ3) is 5.56. The summed E-state index contributed by atoms with van der Waals surface area (Å²) in [6, 6.07) is 14.3. The molecule has 1 fully saturated rings. The minimum Gasteiger partial charge on any atom is -0.342 e. The van der Waals surface area contributed by atoms with Crippen molar-refractivity contribution >= 4 is 5.91 Å². The van der Waals surface area contributed by atoms with Gasteiger partial charge in [-0.1, -0.05) is 18.2 Å². The Kier molecular flexibility index (Phi) is 7.22. The Bertz CT molecular complexity index is 984. The Morgan fingerprint density at radius 2 is 1.47 bits per heavy atom. The normalized spacial score (nSPS) is 14.7. The molecular weight excluding hydrogens is 398 g/mol. The topological polar surface area (TPSA) is 62.2 Å². The number of nitrogens with zero attached hydrogens (tertiary/aromatic N) is 5. The van der Waals surface area contributed by atoms with Crippen LogP contribution in [-0.2, 0) is 24.3 Å². The molecule has 4 heterocycles. The van der Waals surface area contributed by atoms with Crippen LogP contribution in [0.15, 0.2) is 61.1 Å². The number of amides is 1. The van der Waals surface area contributed by atoms with Crippen LogP contribution in [0.3, 0.4) is 0 Å². The summed E-state index contributed by atoms with van der Waals surface area (Å²) in [6.45, 7) is 7.35. The molecule has 4 rings (SSSR count). The van der Waals surface area contributed by atoms with E-state index in [0.717, 1.165) is 56.1 Å². The van der Waals surface area contributed by atoms with Gasteiger partial charge in [0, 0.05) is 56.5 Å². The molecule has 1 aliphatic rings. The van der Waals surface area contributed by atoms with Crippen LogP contribution < -0.4 is 0 Å². The molecule has 0 atom stereocenters. The van der Waals surface area contributed by atoms with E-state index in [1.165, 1.54) is 11.1 Å². The van der Waals surface area contributed by atoms with Gasteiger partial charge in [-0.2, -0.15) is 0 Å². The highest BCUT2D eigenvalue weighted by Gasteiger charge is 2.28. The third-order valence-electron chi connectivity index (χ3n) is 6.33. The SMILES string of the molecule is Cc1cccnc1CN(Cc1ncccc1C)C1CCN(C(=O)Cc2ccccn2)CC1. The summed E-state index contributed by atoms with van der Waals surface area (Å²) in [4.78, 5) is 30.8. The average Bonchev–Trinajstić information content (AvgIpc) is 2.82. The van der Waals surface area contributed by atoms with Crippen LogP contribution in [-0.4, -0.2) is 49.8 Å². The molecule has 1 amide bonds. The molecule has 6 heteroatoms. The Balaban J connectivity index is 1.44. The molecule has 32 heavy (non-hydrogen) atoms. The average molecular weight is 430 g/mol. The van der Waals surface area contributed by atoms with Gasteiger partial charge in [0.15, 0.2) is 0 Å². The maximum absolute atomic E-state index is 12.8. The van der Waals surface area contributed by atoms with Crippen molar-refractivity contribution in [1.29, 1.82) is 0 Å². The minimum atomic E-state index is 0.162. The highest BCUT2D eigenvalue weighted by molar-refractivity contribution is 5.78. The lowest BCUT2D eigenvalue weighted by Crippen LogP contribution is -2.47. The second-order valence-electron chi connectivity index (χ2n) is 8.55. The van der Waals surface area contributed by atoms with Crippen LogP contribution in [0.2, 0.25) is 0 Å². The maximum atomic E-state index is 12.8. The van der Waals surface area contributed by atoms with E-state index in [1.807, 2.05) is 47.6 Å². The lowest BCUT2D eigenvalue weighted by Gasteiger charge is -2.38. The smallest absolute Gasteiger partial charge is 0.228 e. The molecule has 0 aromatic carbocycles. The van der Waals surface area contributed by atoms with Gasteiger partial charge in [0.25, 0.3) is 0 Å². The van der Waals surface area contributed by atoms with Gasteiger partial charge in [0.1, 0.15) is 0 Å². The second kappa shape index (κ2) is 10.5. The Hall–Kier alpha value is -3.12. The summed E-state index contributed by atoms with van der Waals surface area (Å²) in [6.07, 6.45) is 7.75. The molecule has 3 aromatic rings. The number of aromatic nitrogens is 3. The Labute approximate surface area is 190 Å². The summed E-state index contributed by atoms with van der Waals surface area (Å²) >= 11 is 0. The first-order chi connectivity index (χ1) is 15.6. The molecule has 3 aromatic heterocycles. The fourth-order valence-corrected chi connectivity index (χ4v) is 4.32. The summed E-state index contributed by atoms with van der Waals surface area (Å²) < 4.78 is 0. The fourth-order valence-electron chi connectivity index (χ4n) is 4.32. The van der Waals surface area contributed by atoms with E-state index in [9.17, 15) is 4.79 Å². The van der Waals surface area contributed by atoms with E-state index < -0.39 is 0 Å². The number of carbonyl (C=O) groups is 1. The van der Waals surface area contributed by atoms with E-state index in [1.54, 1.807) is 6.20 Å². The summed E-state index contributed by atoms with van der Waals surface area (Å²) in [5, 5.41) is 0. The van der Waals surface area contributed by atoms with E-state index >= 15 is 0 Å².